The van der Waals surface area contributed by atoms with E-state index < -0.39 is 6.10 Å². The number of pyridine rings is 1. The van der Waals surface area contributed by atoms with E-state index in [0.717, 1.165) is 16.9 Å². The number of aliphatic hydroxyl groups excluding tert-OH is 1. The first kappa shape index (κ1) is 10.1. The maximum atomic E-state index is 9.86. The molecule has 2 aromatic heterocycles. The predicted molar refractivity (Wildman–Crippen MR) is 56.4 cm³/mol. The minimum atomic E-state index is -0.584. The second-order valence-corrected chi connectivity index (χ2v) is 3.52. The fraction of sp³-hybridized carbons (Fsp3) is 0.400. The van der Waals surface area contributed by atoms with Gasteiger partial charge in [-0.25, -0.2) is 4.52 Å². The summed E-state index contributed by atoms with van der Waals surface area (Å²) in [5, 5.41) is 17.8. The van der Waals surface area contributed by atoms with E-state index in [0.29, 0.717) is 13.0 Å². The van der Waals surface area contributed by atoms with Gasteiger partial charge in [-0.15, -0.1) is 5.10 Å². The number of nitrogens with zero attached hydrogens (tertiary/aromatic N) is 3. The Labute approximate surface area is 87.5 Å². The lowest BCUT2D eigenvalue weighted by molar-refractivity contribution is 0.162. The maximum absolute atomic E-state index is 9.86. The summed E-state index contributed by atoms with van der Waals surface area (Å²) < 4.78 is 1.66. The molecule has 5 heteroatoms. The van der Waals surface area contributed by atoms with E-state index in [1.165, 1.54) is 0 Å². The summed E-state index contributed by atoms with van der Waals surface area (Å²) >= 11 is 0. The van der Waals surface area contributed by atoms with Crippen LogP contribution in [0.15, 0.2) is 18.2 Å². The number of aryl methyl sites for hydroxylation is 1. The molecule has 0 fully saturated rings. The monoisotopic (exact) mass is 206 g/mol. The minimum Gasteiger partial charge on any atom is -0.387 e. The van der Waals surface area contributed by atoms with Crippen molar-refractivity contribution >= 4 is 5.52 Å². The minimum absolute atomic E-state index is 0.450. The van der Waals surface area contributed by atoms with Gasteiger partial charge in [0.2, 0.25) is 0 Å². The number of fused-ring (bicyclic) bond motifs is 1. The molecule has 80 valence electrons. The van der Waals surface area contributed by atoms with Crippen LogP contribution in [0.5, 0.6) is 0 Å². The number of aromatic nitrogens is 3. The molecule has 0 saturated carbocycles. The summed E-state index contributed by atoms with van der Waals surface area (Å²) in [6.45, 7) is 2.34. The number of rotatable bonds is 3. The van der Waals surface area contributed by atoms with Gasteiger partial charge >= 0.3 is 0 Å². The highest BCUT2D eigenvalue weighted by Gasteiger charge is 2.12. The number of aliphatic hydroxyl groups is 1. The average molecular weight is 206 g/mol. The molecule has 3 N–H and O–H groups in total. The largest absolute Gasteiger partial charge is 0.387 e. The highest BCUT2D eigenvalue weighted by Crippen LogP contribution is 2.17. The molecule has 2 heterocycles. The van der Waals surface area contributed by atoms with Crippen LogP contribution >= 0.6 is 0 Å². The Kier molecular flexibility index (Phi) is 2.66. The Bertz CT molecular complexity index is 465. The van der Waals surface area contributed by atoms with Gasteiger partial charge in [0, 0.05) is 0 Å². The van der Waals surface area contributed by atoms with Crippen molar-refractivity contribution in [2.24, 2.45) is 5.73 Å². The Morgan fingerprint density at radius 1 is 1.53 bits per heavy atom. The van der Waals surface area contributed by atoms with Gasteiger partial charge in [0.05, 0.1) is 23.0 Å². The van der Waals surface area contributed by atoms with Gasteiger partial charge in [0.15, 0.2) is 0 Å². The Balaban J connectivity index is 2.51. The maximum Gasteiger partial charge on any atom is 0.0973 e. The highest BCUT2D eigenvalue weighted by atomic mass is 16.3. The molecule has 2 aromatic rings. The topological polar surface area (TPSA) is 76.4 Å². The van der Waals surface area contributed by atoms with Gasteiger partial charge in [-0.05, 0) is 32.0 Å². The first-order valence-electron chi connectivity index (χ1n) is 4.93. The van der Waals surface area contributed by atoms with Gasteiger partial charge in [-0.1, -0.05) is 11.3 Å². The summed E-state index contributed by atoms with van der Waals surface area (Å²) in [5.41, 5.74) is 7.92. The zero-order valence-electron chi connectivity index (χ0n) is 8.59. The van der Waals surface area contributed by atoms with Crippen molar-refractivity contribution < 1.29 is 5.11 Å². The lowest BCUT2D eigenvalue weighted by atomic mass is 10.1. The van der Waals surface area contributed by atoms with E-state index >= 15 is 0 Å². The second kappa shape index (κ2) is 3.96. The first-order valence-corrected chi connectivity index (χ1v) is 4.93. The SMILES string of the molecule is Cc1nnn2c(C(O)CCN)cccc12. The van der Waals surface area contributed by atoms with Crippen LogP contribution in [0.2, 0.25) is 0 Å². The molecule has 0 spiro atoms. The molecule has 0 aliphatic rings. The molecule has 5 nitrogen and oxygen atoms in total. The second-order valence-electron chi connectivity index (χ2n) is 3.52. The molecule has 0 aliphatic heterocycles. The van der Waals surface area contributed by atoms with E-state index in [4.69, 9.17) is 5.73 Å². The first-order chi connectivity index (χ1) is 7.24. The lowest BCUT2D eigenvalue weighted by Gasteiger charge is -2.10. The van der Waals surface area contributed by atoms with Crippen molar-refractivity contribution in [3.8, 4) is 0 Å². The quantitative estimate of drug-likeness (QED) is 0.763. The zero-order valence-corrected chi connectivity index (χ0v) is 8.59. The third kappa shape index (κ3) is 1.71. The summed E-state index contributed by atoms with van der Waals surface area (Å²) in [6.07, 6.45) is -0.0577. The Morgan fingerprint density at radius 3 is 3.07 bits per heavy atom. The molecule has 0 amide bonds. The lowest BCUT2D eigenvalue weighted by Crippen LogP contribution is -2.10. The molecular weight excluding hydrogens is 192 g/mol. The van der Waals surface area contributed by atoms with E-state index in [-0.39, 0.29) is 0 Å². The fourth-order valence-corrected chi connectivity index (χ4v) is 1.61. The molecule has 0 radical (unpaired) electrons. The van der Waals surface area contributed by atoms with Crippen LogP contribution in [0.25, 0.3) is 5.52 Å². The molecule has 0 saturated heterocycles. The van der Waals surface area contributed by atoms with Crippen molar-refractivity contribution in [1.29, 1.82) is 0 Å². The Hall–Kier alpha value is -1.46. The van der Waals surface area contributed by atoms with Crippen LogP contribution in [-0.2, 0) is 0 Å². The van der Waals surface area contributed by atoms with Crippen LogP contribution in [0.3, 0.4) is 0 Å². The van der Waals surface area contributed by atoms with Gasteiger partial charge in [-0.2, -0.15) is 0 Å². The fourth-order valence-electron chi connectivity index (χ4n) is 1.61. The molecule has 0 aromatic carbocycles. The van der Waals surface area contributed by atoms with Crippen LogP contribution in [0.1, 0.15) is 23.9 Å². The normalized spacial score (nSPS) is 13.3. The van der Waals surface area contributed by atoms with Crippen LogP contribution in [-0.4, -0.2) is 26.5 Å². The third-order valence-electron chi connectivity index (χ3n) is 2.43. The van der Waals surface area contributed by atoms with Crippen LogP contribution in [0, 0.1) is 6.92 Å². The summed E-state index contributed by atoms with van der Waals surface area (Å²) in [4.78, 5) is 0. The highest BCUT2D eigenvalue weighted by molar-refractivity contribution is 5.50. The van der Waals surface area contributed by atoms with Crippen molar-refractivity contribution in [2.75, 3.05) is 6.54 Å². The molecule has 0 aliphatic carbocycles. The van der Waals surface area contributed by atoms with Crippen LogP contribution < -0.4 is 5.73 Å². The number of hydrogen-bond acceptors (Lipinski definition) is 4. The number of hydrogen-bond donors (Lipinski definition) is 2. The van der Waals surface area contributed by atoms with E-state index in [2.05, 4.69) is 10.3 Å². The smallest absolute Gasteiger partial charge is 0.0973 e. The molecular formula is C10H14N4O. The number of nitrogens with two attached hydrogens (primary N) is 1. The Morgan fingerprint density at radius 2 is 2.33 bits per heavy atom. The standard InChI is InChI=1S/C10H14N4O/c1-7-8-3-2-4-9(10(15)5-6-11)14(8)13-12-7/h2-4,10,15H,5-6,11H2,1H3. The predicted octanol–water partition coefficient (Wildman–Crippen LogP) is 0.420. The van der Waals surface area contributed by atoms with Crippen LogP contribution in [0.4, 0.5) is 0 Å². The molecule has 0 bridgehead atoms. The average Bonchev–Trinajstić information content (AvgIpc) is 2.61. The van der Waals surface area contributed by atoms with Gasteiger partial charge < -0.3 is 10.8 Å². The zero-order chi connectivity index (χ0) is 10.8. The summed E-state index contributed by atoms with van der Waals surface area (Å²) in [5.74, 6) is 0. The van der Waals surface area contributed by atoms with Crippen molar-refractivity contribution in [2.45, 2.75) is 19.4 Å². The summed E-state index contributed by atoms with van der Waals surface area (Å²) in [6, 6.07) is 5.65. The molecule has 1 unspecified atom stereocenters. The van der Waals surface area contributed by atoms with E-state index in [1.807, 2.05) is 25.1 Å². The molecule has 2 rings (SSSR count). The van der Waals surface area contributed by atoms with Crippen molar-refractivity contribution in [3.63, 3.8) is 0 Å². The van der Waals surface area contributed by atoms with Gasteiger partial charge in [0.1, 0.15) is 0 Å². The van der Waals surface area contributed by atoms with E-state index in [9.17, 15) is 5.11 Å². The molecule has 15 heavy (non-hydrogen) atoms. The van der Waals surface area contributed by atoms with Crippen molar-refractivity contribution in [3.05, 3.63) is 29.6 Å². The van der Waals surface area contributed by atoms with Gasteiger partial charge in [-0.3, -0.25) is 0 Å². The van der Waals surface area contributed by atoms with Gasteiger partial charge in [0.25, 0.3) is 0 Å². The van der Waals surface area contributed by atoms with E-state index in [1.54, 1.807) is 4.52 Å². The molecule has 1 atom stereocenters. The third-order valence-corrected chi connectivity index (χ3v) is 2.43. The summed E-state index contributed by atoms with van der Waals surface area (Å²) in [7, 11) is 0. The van der Waals surface area contributed by atoms with Crippen molar-refractivity contribution in [1.82, 2.24) is 14.8 Å².